The molecule has 0 aliphatic heterocycles. The van der Waals surface area contributed by atoms with Gasteiger partial charge in [0.1, 0.15) is 41.9 Å². The predicted molar refractivity (Wildman–Crippen MR) is 318 cm³/mol. The van der Waals surface area contributed by atoms with Crippen LogP contribution >= 0.6 is 31.9 Å². The van der Waals surface area contributed by atoms with Crippen molar-refractivity contribution in [1.82, 2.24) is 15.0 Å². The van der Waals surface area contributed by atoms with Crippen LogP contribution in [-0.4, -0.2) is 117 Å². The number of halogens is 2. The Labute approximate surface area is 479 Å². The zero-order valence-corrected chi connectivity index (χ0v) is 48.1. The smallest absolute Gasteiger partial charge is 0.488 e. The van der Waals surface area contributed by atoms with E-state index in [2.05, 4.69) is 65.1 Å². The Morgan fingerprint density at radius 1 is 0.487 bits per heavy atom. The minimum Gasteiger partial charge on any atom is -0.494 e. The normalized spacial score (nSPS) is 10.0. The van der Waals surface area contributed by atoms with Crippen LogP contribution in [0.2, 0.25) is 0 Å². The number of pyridine rings is 3. The van der Waals surface area contributed by atoms with Crippen LogP contribution in [0.25, 0.3) is 22.5 Å². The summed E-state index contributed by atoms with van der Waals surface area (Å²) in [5.41, 5.74) is 6.38. The minimum atomic E-state index is -1.44. The van der Waals surface area contributed by atoms with Crippen LogP contribution in [-0.2, 0) is 4.74 Å². The van der Waals surface area contributed by atoms with Gasteiger partial charge in [-0.05, 0) is 186 Å². The number of terminal acetylenes is 1. The van der Waals surface area contributed by atoms with Gasteiger partial charge in [0.15, 0.2) is 0 Å². The van der Waals surface area contributed by atoms with E-state index in [9.17, 15) is 0 Å². The zero-order chi connectivity index (χ0) is 56.7. The van der Waals surface area contributed by atoms with Crippen molar-refractivity contribution in [2.45, 2.75) is 96.8 Å². The van der Waals surface area contributed by atoms with E-state index in [1.54, 1.807) is 36.7 Å². The number of rotatable bonds is 28. The Kier molecular flexibility index (Phi) is 40.6. The van der Waals surface area contributed by atoms with E-state index in [0.717, 1.165) is 158 Å². The van der Waals surface area contributed by atoms with E-state index in [0.29, 0.717) is 25.3 Å². The van der Waals surface area contributed by atoms with E-state index in [4.69, 9.17) is 54.5 Å². The second-order valence-electron chi connectivity index (χ2n) is 17.2. The molecule has 420 valence electrons. The van der Waals surface area contributed by atoms with Crippen LogP contribution in [0, 0.1) is 31.1 Å². The summed E-state index contributed by atoms with van der Waals surface area (Å²) in [6.45, 7) is 4.80. The molecule has 0 saturated carbocycles. The van der Waals surface area contributed by atoms with E-state index >= 15 is 0 Å². The summed E-state index contributed by atoms with van der Waals surface area (Å²) in [5, 5.41) is 60.1. The van der Waals surface area contributed by atoms with Gasteiger partial charge in [0.2, 0.25) is 0 Å². The van der Waals surface area contributed by atoms with E-state index in [1.165, 1.54) is 5.56 Å². The molecule has 78 heavy (non-hydrogen) atoms. The summed E-state index contributed by atoms with van der Waals surface area (Å²) >= 11 is 6.62. The van der Waals surface area contributed by atoms with Crippen molar-refractivity contribution in [3.8, 4) is 63.9 Å². The maximum absolute atomic E-state index is 8.94. The summed E-state index contributed by atoms with van der Waals surface area (Å²) in [7, 11) is -1.44. The van der Waals surface area contributed by atoms with Gasteiger partial charge in [-0.3, -0.25) is 9.97 Å². The minimum absolute atomic E-state index is 0.147. The standard InChI is InChI=1S/C21H25NO3.C18H22BrNO2.C13H21BO5.C6H6BrN.C3H4O/c23-14-4-2-1-3-5-16-25-20-11-9-19(10-12-20)21-13-8-18(17-22-21)7-6-15-24;19-16-8-11-18(20-14-16)15-6-9-17(10-7-15)22-13-5-3-1-2-4-12-21;15-11-18-9-3-1-2-4-10-19-13-7-5-12(6-8-13)14(16)17;1-5-2-3-6(7)8-4-5;1-2-3-4/h8-13,17,23-24H,1-5,14-16H2;6-11,14,21H,1-5,12-13H2;5-8,15-17H,1-4,9-11H2;2-4H,1H3;1,4H,3H2. The van der Waals surface area contributed by atoms with E-state index < -0.39 is 7.12 Å². The summed E-state index contributed by atoms with van der Waals surface area (Å²) in [6.07, 6.45) is 24.6. The predicted octanol–water partition coefficient (Wildman–Crippen LogP) is 10.3. The van der Waals surface area contributed by atoms with Crippen molar-refractivity contribution in [2.24, 2.45) is 0 Å². The van der Waals surface area contributed by atoms with Crippen molar-refractivity contribution in [3.05, 3.63) is 148 Å². The molecule has 7 N–H and O–H groups in total. The highest BCUT2D eigenvalue weighted by Crippen LogP contribution is 2.23. The van der Waals surface area contributed by atoms with Crippen LogP contribution in [0.15, 0.2) is 137 Å². The number of aryl methyl sites for hydroxylation is 1. The number of aromatic nitrogens is 3. The van der Waals surface area contributed by atoms with Crippen molar-refractivity contribution in [2.75, 3.05) is 59.6 Å². The van der Waals surface area contributed by atoms with Gasteiger partial charge in [-0.1, -0.05) is 80.9 Å². The maximum atomic E-state index is 8.94. The van der Waals surface area contributed by atoms with Gasteiger partial charge in [-0.25, -0.2) is 4.98 Å². The maximum Gasteiger partial charge on any atom is 0.488 e. The summed E-state index contributed by atoms with van der Waals surface area (Å²) < 4.78 is 23.7. The van der Waals surface area contributed by atoms with Crippen molar-refractivity contribution in [3.63, 3.8) is 0 Å². The highest BCUT2D eigenvalue weighted by Gasteiger charge is 2.10. The van der Waals surface area contributed by atoms with Crippen LogP contribution < -0.4 is 19.7 Å². The average molecular weight is 1200 g/mol. The van der Waals surface area contributed by atoms with E-state index in [-0.39, 0.29) is 26.6 Å². The molecule has 0 amide bonds. The van der Waals surface area contributed by atoms with Crippen LogP contribution in [0.5, 0.6) is 17.2 Å². The van der Waals surface area contributed by atoms with Gasteiger partial charge < -0.3 is 54.5 Å². The fourth-order valence-electron chi connectivity index (χ4n) is 6.74. The topological polar surface area (TPSA) is 217 Å². The lowest BCUT2D eigenvalue weighted by Gasteiger charge is -2.07. The lowest BCUT2D eigenvalue weighted by molar-refractivity contribution is -0.00289. The number of nitrogens with zero attached hydrogens (tertiary/aromatic N) is 3. The molecule has 3 aromatic carbocycles. The first-order chi connectivity index (χ1) is 38.1. The second kappa shape index (κ2) is 46.3. The highest BCUT2D eigenvalue weighted by atomic mass is 79.9. The number of benzene rings is 3. The Hall–Kier alpha value is -5.67. The third-order valence-electron chi connectivity index (χ3n) is 10.9. The SMILES string of the molecule is C#CCO.Cc1ccc(Br)nc1.OCC#Cc1ccc(-c2ccc(OCCCCCCCO)cc2)nc1.OCCCCCCCOc1ccc(-c2ccc(Br)cn2)cc1.OCOCCCCCCOc1ccc(B(O)O)cc1. The highest BCUT2D eigenvalue weighted by molar-refractivity contribution is 9.10. The number of hydrogen-bond acceptors (Lipinski definition) is 14. The molecular formula is C61H78BBr2N3O11. The molecular weight excluding hydrogens is 1120 g/mol. The number of unbranched alkanes of at least 4 members (excludes halogenated alkanes) is 11. The number of ether oxygens (including phenoxy) is 4. The number of hydrogen-bond donors (Lipinski definition) is 7. The molecule has 3 heterocycles. The Morgan fingerprint density at radius 2 is 0.936 bits per heavy atom. The Bertz CT molecular complexity index is 2450. The molecule has 0 fully saturated rings. The summed E-state index contributed by atoms with van der Waals surface area (Å²) in [5.74, 6) is 9.92. The molecule has 0 aliphatic rings. The Morgan fingerprint density at radius 3 is 1.31 bits per heavy atom. The third kappa shape index (κ3) is 34.3. The average Bonchev–Trinajstić information content (AvgIpc) is 3.47. The molecule has 0 atom stereocenters. The molecule has 3 aromatic heterocycles. The lowest BCUT2D eigenvalue weighted by atomic mass is 9.80. The second-order valence-corrected chi connectivity index (χ2v) is 19.0. The molecule has 0 saturated heterocycles. The molecule has 0 spiro atoms. The quantitative estimate of drug-likeness (QED) is 0.00800. The molecule has 0 radical (unpaired) electrons. The van der Waals surface area contributed by atoms with Gasteiger partial charge in [-0.2, -0.15) is 0 Å². The monoisotopic (exact) mass is 1200 g/mol. The van der Waals surface area contributed by atoms with Gasteiger partial charge in [0, 0.05) is 59.6 Å². The van der Waals surface area contributed by atoms with Crippen LogP contribution in [0.4, 0.5) is 0 Å². The van der Waals surface area contributed by atoms with Crippen molar-refractivity contribution in [1.29, 1.82) is 0 Å². The molecule has 0 unspecified atom stereocenters. The fourth-order valence-corrected chi connectivity index (χ4v) is 7.21. The third-order valence-corrected chi connectivity index (χ3v) is 11.9. The first kappa shape index (κ1) is 68.4. The lowest BCUT2D eigenvalue weighted by Crippen LogP contribution is -2.29. The summed E-state index contributed by atoms with van der Waals surface area (Å²) in [4.78, 5) is 12.8. The van der Waals surface area contributed by atoms with Gasteiger partial charge in [-0.15, -0.1) is 6.42 Å². The molecule has 6 rings (SSSR count). The number of aliphatic hydroxyl groups excluding tert-OH is 5. The molecule has 17 heteroatoms. The van der Waals surface area contributed by atoms with Crippen LogP contribution in [0.1, 0.15) is 101 Å². The van der Waals surface area contributed by atoms with Gasteiger partial charge in [0.25, 0.3) is 0 Å². The first-order valence-corrected chi connectivity index (χ1v) is 27.9. The Balaban J connectivity index is 0.000000363. The van der Waals surface area contributed by atoms with Crippen LogP contribution in [0.3, 0.4) is 0 Å². The van der Waals surface area contributed by atoms with Crippen molar-refractivity contribution >= 4 is 44.4 Å². The van der Waals surface area contributed by atoms with Gasteiger partial charge >= 0.3 is 7.12 Å². The van der Waals surface area contributed by atoms with Crippen molar-refractivity contribution < 1.29 is 54.5 Å². The fraction of sp³-hybridized carbons (Fsp3) is 0.393. The molecule has 6 aromatic rings. The van der Waals surface area contributed by atoms with Gasteiger partial charge in [0.05, 0.1) is 31.2 Å². The van der Waals surface area contributed by atoms with E-state index in [1.807, 2.05) is 104 Å². The molecule has 0 aliphatic carbocycles. The zero-order valence-electron chi connectivity index (χ0n) is 44.9. The number of aliphatic hydroxyl groups is 5. The largest absolute Gasteiger partial charge is 0.494 e. The summed E-state index contributed by atoms with van der Waals surface area (Å²) in [6, 6.07) is 34.4. The first-order valence-electron chi connectivity index (χ1n) is 26.3. The molecule has 14 nitrogen and oxygen atoms in total. The molecule has 0 bridgehead atoms.